The van der Waals surface area contributed by atoms with E-state index in [0.29, 0.717) is 29.1 Å². The molecule has 0 aliphatic carbocycles. The summed E-state index contributed by atoms with van der Waals surface area (Å²) in [6.45, 7) is 7.07. The van der Waals surface area contributed by atoms with E-state index < -0.39 is 18.7 Å². The normalized spacial score (nSPS) is 11.6. The lowest BCUT2D eigenvalue weighted by Crippen LogP contribution is -2.21. The number of alkyl halides is 3. The van der Waals surface area contributed by atoms with Crippen molar-refractivity contribution in [2.45, 2.75) is 46.3 Å². The fraction of sp³-hybridized carbons (Fsp3) is 0.500. The molecule has 0 saturated carbocycles. The molecule has 1 N–H and O–H groups in total. The van der Waals surface area contributed by atoms with Crippen LogP contribution in [0, 0.1) is 0 Å². The van der Waals surface area contributed by atoms with Gasteiger partial charge in [-0.1, -0.05) is 13.8 Å². The highest BCUT2D eigenvalue weighted by molar-refractivity contribution is 5.92. The Hall–Kier alpha value is -2.71. The van der Waals surface area contributed by atoms with Crippen molar-refractivity contribution in [3.8, 4) is 17.0 Å². The molecule has 2 rings (SSSR count). The van der Waals surface area contributed by atoms with Crippen LogP contribution >= 0.6 is 0 Å². The maximum absolute atomic E-state index is 12.5. The molecule has 0 unspecified atom stereocenters. The Bertz CT molecular complexity index is 861. The Morgan fingerprint density at radius 2 is 1.97 bits per heavy atom. The molecule has 1 aromatic carbocycles. The number of hydrogen-bond donors (Lipinski definition) is 1. The van der Waals surface area contributed by atoms with E-state index in [0.717, 1.165) is 0 Å². The van der Waals surface area contributed by atoms with Gasteiger partial charge in [-0.2, -0.15) is 18.3 Å². The summed E-state index contributed by atoms with van der Waals surface area (Å²) in [5.74, 6) is -0.173. The molecule has 1 heterocycles. The van der Waals surface area contributed by atoms with Crippen molar-refractivity contribution in [1.29, 1.82) is 0 Å². The average Bonchev–Trinajstić information content (AvgIpc) is 3.05. The summed E-state index contributed by atoms with van der Waals surface area (Å²) in [6.07, 6.45) is -4.33. The molecule has 29 heavy (non-hydrogen) atoms. The van der Waals surface area contributed by atoms with E-state index in [4.69, 9.17) is 9.47 Å². The number of rotatable bonds is 8. The molecular formula is C20H26F3N3O3. The van der Waals surface area contributed by atoms with E-state index in [1.807, 2.05) is 20.8 Å². The molecule has 0 atom stereocenters. The number of nitrogens with one attached hydrogen (secondary N) is 1. The number of aryl methyl sites for hydroxylation is 1. The zero-order valence-corrected chi connectivity index (χ0v) is 17.2. The van der Waals surface area contributed by atoms with Crippen LogP contribution in [0.5, 0.6) is 5.75 Å². The van der Waals surface area contributed by atoms with Crippen molar-refractivity contribution in [2.24, 2.45) is 0 Å². The van der Waals surface area contributed by atoms with Crippen molar-refractivity contribution >= 4 is 11.7 Å². The van der Waals surface area contributed by atoms with Crippen molar-refractivity contribution in [3.05, 3.63) is 29.5 Å². The predicted octanol–water partition coefficient (Wildman–Crippen LogP) is 4.85. The third-order valence-electron chi connectivity index (χ3n) is 4.28. The van der Waals surface area contributed by atoms with Crippen LogP contribution in [0.15, 0.2) is 18.2 Å². The minimum absolute atomic E-state index is 0.0440. The number of halogens is 3. The van der Waals surface area contributed by atoms with Gasteiger partial charge in [-0.3, -0.25) is 4.68 Å². The van der Waals surface area contributed by atoms with Gasteiger partial charge in [0.05, 0.1) is 19.4 Å². The van der Waals surface area contributed by atoms with Gasteiger partial charge in [0.1, 0.15) is 12.3 Å². The van der Waals surface area contributed by atoms with Gasteiger partial charge in [0.15, 0.2) is 5.69 Å². The number of nitrogens with zero attached hydrogens (tertiary/aromatic N) is 2. The molecule has 6 nitrogen and oxygen atoms in total. The Balaban J connectivity index is 2.59. The molecule has 0 fully saturated rings. The Morgan fingerprint density at radius 3 is 2.48 bits per heavy atom. The quantitative estimate of drug-likeness (QED) is 0.627. The van der Waals surface area contributed by atoms with E-state index in [-0.39, 0.29) is 23.9 Å². The fourth-order valence-corrected chi connectivity index (χ4v) is 3.08. The minimum Gasteiger partial charge on any atom is -0.496 e. The van der Waals surface area contributed by atoms with Crippen LogP contribution in [0.3, 0.4) is 0 Å². The second-order valence-corrected chi connectivity index (χ2v) is 6.69. The molecule has 0 radical (unpaired) electrons. The SMILES string of the molecule is CCOC(=O)c1nn(CC)c(-c2ccc(NCC(F)(F)F)cc2OC)c1C(C)C. The maximum Gasteiger partial charge on any atom is 0.405 e. The van der Waals surface area contributed by atoms with Crippen molar-refractivity contribution in [1.82, 2.24) is 9.78 Å². The van der Waals surface area contributed by atoms with Crippen LogP contribution in [0.25, 0.3) is 11.3 Å². The molecule has 1 aromatic heterocycles. The Kier molecular flexibility index (Phi) is 7.16. The highest BCUT2D eigenvalue weighted by atomic mass is 19.4. The van der Waals surface area contributed by atoms with Gasteiger partial charge in [-0.25, -0.2) is 4.79 Å². The number of esters is 1. The first-order valence-electron chi connectivity index (χ1n) is 9.39. The third-order valence-corrected chi connectivity index (χ3v) is 4.28. The van der Waals surface area contributed by atoms with Gasteiger partial charge < -0.3 is 14.8 Å². The molecule has 0 amide bonds. The second kappa shape index (κ2) is 9.19. The Morgan fingerprint density at radius 1 is 1.28 bits per heavy atom. The second-order valence-electron chi connectivity index (χ2n) is 6.69. The summed E-state index contributed by atoms with van der Waals surface area (Å²) in [7, 11) is 1.44. The van der Waals surface area contributed by atoms with Gasteiger partial charge in [-0.05, 0) is 31.9 Å². The average molecular weight is 413 g/mol. The van der Waals surface area contributed by atoms with Crippen LogP contribution in [0.2, 0.25) is 0 Å². The summed E-state index contributed by atoms with van der Waals surface area (Å²) < 4.78 is 49.8. The van der Waals surface area contributed by atoms with E-state index >= 15 is 0 Å². The summed E-state index contributed by atoms with van der Waals surface area (Å²) in [5.41, 5.74) is 2.55. The van der Waals surface area contributed by atoms with Crippen molar-refractivity contribution < 1.29 is 27.4 Å². The lowest BCUT2D eigenvalue weighted by molar-refractivity contribution is -0.115. The molecule has 9 heteroatoms. The molecule has 160 valence electrons. The number of benzene rings is 1. The molecule has 0 bridgehead atoms. The summed E-state index contributed by atoms with van der Waals surface area (Å²) in [6, 6.07) is 4.72. The number of carbonyl (C=O) groups is 1. The van der Waals surface area contributed by atoms with Crippen LogP contribution in [0.1, 0.15) is 49.7 Å². The first-order valence-corrected chi connectivity index (χ1v) is 9.39. The smallest absolute Gasteiger partial charge is 0.405 e. The number of anilines is 1. The standard InChI is InChI=1S/C20H26F3N3O3/c1-6-26-18(16(12(3)4)17(25-26)19(27)29-7-2)14-9-8-13(10-15(14)28-5)24-11-20(21,22)23/h8-10,12,24H,6-7,11H2,1-5H3. The van der Waals surface area contributed by atoms with Gasteiger partial charge >= 0.3 is 12.1 Å². The lowest BCUT2D eigenvalue weighted by atomic mass is 9.95. The highest BCUT2D eigenvalue weighted by Gasteiger charge is 2.29. The number of aromatic nitrogens is 2. The van der Waals surface area contributed by atoms with Crippen molar-refractivity contribution in [3.63, 3.8) is 0 Å². The van der Waals surface area contributed by atoms with Crippen molar-refractivity contribution in [2.75, 3.05) is 25.6 Å². The number of methoxy groups -OCH3 is 1. The lowest BCUT2D eigenvalue weighted by Gasteiger charge is -2.16. The van der Waals surface area contributed by atoms with Crippen LogP contribution < -0.4 is 10.1 Å². The van der Waals surface area contributed by atoms with Gasteiger partial charge in [0, 0.05) is 29.4 Å². The third kappa shape index (κ3) is 5.21. The number of carbonyl (C=O) groups excluding carboxylic acids is 1. The fourth-order valence-electron chi connectivity index (χ4n) is 3.08. The first kappa shape index (κ1) is 22.6. The van der Waals surface area contributed by atoms with Crippen LogP contribution in [0.4, 0.5) is 18.9 Å². The zero-order valence-electron chi connectivity index (χ0n) is 17.2. The van der Waals surface area contributed by atoms with E-state index in [2.05, 4.69) is 10.4 Å². The molecule has 0 saturated heterocycles. The van der Waals surface area contributed by atoms with E-state index in [9.17, 15) is 18.0 Å². The van der Waals surface area contributed by atoms with E-state index in [1.165, 1.54) is 13.2 Å². The summed E-state index contributed by atoms with van der Waals surface area (Å²) in [4.78, 5) is 12.4. The Labute approximate surface area is 168 Å². The molecular weight excluding hydrogens is 387 g/mol. The molecule has 0 aliphatic rings. The minimum atomic E-state index is -4.33. The maximum atomic E-state index is 12.5. The predicted molar refractivity (Wildman–Crippen MR) is 104 cm³/mol. The molecule has 0 aliphatic heterocycles. The summed E-state index contributed by atoms with van der Waals surface area (Å²) in [5, 5.41) is 6.78. The largest absolute Gasteiger partial charge is 0.496 e. The van der Waals surface area contributed by atoms with Crippen LogP contribution in [-0.4, -0.2) is 42.2 Å². The van der Waals surface area contributed by atoms with E-state index in [1.54, 1.807) is 23.7 Å². The zero-order chi connectivity index (χ0) is 21.8. The van der Waals surface area contributed by atoms with Gasteiger partial charge in [-0.15, -0.1) is 0 Å². The van der Waals surface area contributed by atoms with Gasteiger partial charge in [0.2, 0.25) is 0 Å². The van der Waals surface area contributed by atoms with Crippen LogP contribution in [-0.2, 0) is 11.3 Å². The highest BCUT2D eigenvalue weighted by Crippen LogP contribution is 2.39. The molecule has 2 aromatic rings. The topological polar surface area (TPSA) is 65.4 Å². The number of hydrogen-bond acceptors (Lipinski definition) is 5. The van der Waals surface area contributed by atoms with Gasteiger partial charge in [0.25, 0.3) is 0 Å². The summed E-state index contributed by atoms with van der Waals surface area (Å²) >= 11 is 0. The first-order chi connectivity index (χ1) is 13.6. The monoisotopic (exact) mass is 413 g/mol. The molecule has 0 spiro atoms. The number of ether oxygens (including phenoxy) is 2.